The van der Waals surface area contributed by atoms with E-state index < -0.39 is 18.5 Å². The van der Waals surface area contributed by atoms with Crippen LogP contribution in [0.1, 0.15) is 5.56 Å². The molecule has 0 unspecified atom stereocenters. The highest BCUT2D eigenvalue weighted by molar-refractivity contribution is 6.33. The maximum atomic E-state index is 11.2. The minimum atomic E-state index is -1.11. The van der Waals surface area contributed by atoms with Crippen LogP contribution in [-0.4, -0.2) is 23.7 Å². The first kappa shape index (κ1) is 12.3. The van der Waals surface area contributed by atoms with Crippen LogP contribution >= 0.6 is 11.6 Å². The maximum Gasteiger partial charge on any atom is 0.323 e. The second-order valence-electron chi connectivity index (χ2n) is 3.18. The van der Waals surface area contributed by atoms with Gasteiger partial charge in [0, 0.05) is 0 Å². The molecule has 16 heavy (non-hydrogen) atoms. The molecule has 0 heterocycles. The van der Waals surface area contributed by atoms with E-state index in [-0.39, 0.29) is 0 Å². The maximum absolute atomic E-state index is 11.2. The molecule has 0 aromatic heterocycles. The van der Waals surface area contributed by atoms with E-state index in [0.29, 0.717) is 10.7 Å². The van der Waals surface area contributed by atoms with Crippen LogP contribution in [0.2, 0.25) is 5.02 Å². The normalized spacial score (nSPS) is 9.62. The molecule has 5 nitrogen and oxygen atoms in total. The average molecular weight is 243 g/mol. The number of benzene rings is 1. The molecule has 1 aromatic carbocycles. The number of anilines is 1. The Morgan fingerprint density at radius 3 is 2.75 bits per heavy atom. The van der Waals surface area contributed by atoms with Crippen molar-refractivity contribution in [2.75, 3.05) is 11.9 Å². The number of aryl methyl sites for hydroxylation is 1. The summed E-state index contributed by atoms with van der Waals surface area (Å²) in [4.78, 5) is 21.4. The molecule has 0 radical (unpaired) electrons. The van der Waals surface area contributed by atoms with Gasteiger partial charge >= 0.3 is 12.0 Å². The number of hydrogen-bond donors (Lipinski definition) is 3. The quantitative estimate of drug-likeness (QED) is 0.757. The van der Waals surface area contributed by atoms with Crippen molar-refractivity contribution in [2.24, 2.45) is 0 Å². The van der Waals surface area contributed by atoms with Gasteiger partial charge in [-0.2, -0.15) is 0 Å². The van der Waals surface area contributed by atoms with Gasteiger partial charge in [-0.25, -0.2) is 4.79 Å². The van der Waals surface area contributed by atoms with Crippen molar-refractivity contribution in [3.05, 3.63) is 28.8 Å². The summed E-state index contributed by atoms with van der Waals surface area (Å²) in [7, 11) is 0. The molecular formula is C10H11ClN2O3. The molecule has 0 bridgehead atoms. The number of rotatable bonds is 3. The lowest BCUT2D eigenvalue weighted by molar-refractivity contribution is -0.135. The van der Waals surface area contributed by atoms with Crippen LogP contribution in [0.5, 0.6) is 0 Å². The number of carboxylic acids is 1. The topological polar surface area (TPSA) is 78.4 Å². The molecule has 2 amide bonds. The highest BCUT2D eigenvalue weighted by Crippen LogP contribution is 2.22. The summed E-state index contributed by atoms with van der Waals surface area (Å²) < 4.78 is 0. The summed E-state index contributed by atoms with van der Waals surface area (Å²) in [5.41, 5.74) is 1.39. The molecule has 0 fully saturated rings. The van der Waals surface area contributed by atoms with E-state index in [1.165, 1.54) is 0 Å². The van der Waals surface area contributed by atoms with E-state index in [1.807, 2.05) is 13.0 Å². The van der Waals surface area contributed by atoms with Crippen molar-refractivity contribution < 1.29 is 14.7 Å². The Morgan fingerprint density at radius 1 is 1.44 bits per heavy atom. The molecule has 0 atom stereocenters. The van der Waals surface area contributed by atoms with Crippen molar-refractivity contribution in [2.45, 2.75) is 6.92 Å². The zero-order chi connectivity index (χ0) is 12.1. The fourth-order valence-electron chi connectivity index (χ4n) is 1.06. The number of halogens is 1. The number of hydrogen-bond acceptors (Lipinski definition) is 2. The Balaban J connectivity index is 2.62. The lowest BCUT2D eigenvalue weighted by Gasteiger charge is -2.08. The average Bonchev–Trinajstić information content (AvgIpc) is 2.20. The number of aliphatic carboxylic acids is 1. The van der Waals surface area contributed by atoms with Crippen LogP contribution < -0.4 is 10.6 Å². The zero-order valence-electron chi connectivity index (χ0n) is 8.58. The Bertz CT molecular complexity index is 421. The molecule has 1 aromatic rings. The lowest BCUT2D eigenvalue weighted by Crippen LogP contribution is -2.33. The summed E-state index contributed by atoms with van der Waals surface area (Å²) >= 11 is 5.84. The fraction of sp³-hybridized carbons (Fsp3) is 0.200. The largest absolute Gasteiger partial charge is 0.480 e. The number of amides is 2. The van der Waals surface area contributed by atoms with Gasteiger partial charge in [0.15, 0.2) is 0 Å². The van der Waals surface area contributed by atoms with Gasteiger partial charge in [-0.05, 0) is 24.6 Å². The molecule has 0 aliphatic heterocycles. The second kappa shape index (κ2) is 5.37. The molecule has 1 rings (SSSR count). The van der Waals surface area contributed by atoms with Crippen LogP contribution in [-0.2, 0) is 4.79 Å². The third kappa shape index (κ3) is 3.78. The van der Waals surface area contributed by atoms with Crippen molar-refractivity contribution >= 4 is 29.3 Å². The highest BCUT2D eigenvalue weighted by atomic mass is 35.5. The molecule has 6 heteroatoms. The molecule has 86 valence electrons. The zero-order valence-corrected chi connectivity index (χ0v) is 9.34. The van der Waals surface area contributed by atoms with Crippen molar-refractivity contribution in [1.29, 1.82) is 0 Å². The van der Waals surface area contributed by atoms with Crippen LogP contribution in [0.25, 0.3) is 0 Å². The first-order chi connectivity index (χ1) is 7.49. The number of urea groups is 1. The number of carbonyl (C=O) groups excluding carboxylic acids is 1. The fourth-order valence-corrected chi connectivity index (χ4v) is 1.22. The van der Waals surface area contributed by atoms with Gasteiger partial charge in [-0.1, -0.05) is 17.7 Å². The summed E-state index contributed by atoms with van der Waals surface area (Å²) in [6.07, 6.45) is 0. The third-order valence-corrected chi connectivity index (χ3v) is 2.10. The SMILES string of the molecule is Cc1ccc(Cl)c(NC(=O)NCC(=O)O)c1. The van der Waals surface area contributed by atoms with E-state index in [2.05, 4.69) is 10.6 Å². The van der Waals surface area contributed by atoms with E-state index in [4.69, 9.17) is 16.7 Å². The second-order valence-corrected chi connectivity index (χ2v) is 3.59. The molecule has 0 saturated heterocycles. The number of carboxylic acid groups (broad SMARTS) is 1. The number of nitrogens with one attached hydrogen (secondary N) is 2. The minimum absolute atomic E-state index is 0.399. The van der Waals surface area contributed by atoms with Gasteiger partial charge in [-0.3, -0.25) is 4.79 Å². The summed E-state index contributed by atoms with van der Waals surface area (Å²) in [5, 5.41) is 13.4. The van der Waals surface area contributed by atoms with Gasteiger partial charge in [0.2, 0.25) is 0 Å². The van der Waals surface area contributed by atoms with Gasteiger partial charge in [0.25, 0.3) is 0 Å². The van der Waals surface area contributed by atoms with Gasteiger partial charge in [0.05, 0.1) is 10.7 Å². The summed E-state index contributed by atoms with van der Waals surface area (Å²) in [6.45, 7) is 1.42. The van der Waals surface area contributed by atoms with E-state index >= 15 is 0 Å². The Hall–Kier alpha value is -1.75. The van der Waals surface area contributed by atoms with Gasteiger partial charge in [-0.15, -0.1) is 0 Å². The molecule has 0 spiro atoms. The predicted octanol–water partition coefficient (Wildman–Crippen LogP) is 1.85. The van der Waals surface area contributed by atoms with Crippen molar-refractivity contribution in [1.82, 2.24) is 5.32 Å². The van der Waals surface area contributed by atoms with Crippen LogP contribution in [0.4, 0.5) is 10.5 Å². The highest BCUT2D eigenvalue weighted by Gasteiger charge is 2.06. The first-order valence-electron chi connectivity index (χ1n) is 4.52. The molecular weight excluding hydrogens is 232 g/mol. The Morgan fingerprint density at radius 2 is 2.12 bits per heavy atom. The van der Waals surface area contributed by atoms with E-state index in [9.17, 15) is 9.59 Å². The first-order valence-corrected chi connectivity index (χ1v) is 4.89. The minimum Gasteiger partial charge on any atom is -0.480 e. The smallest absolute Gasteiger partial charge is 0.323 e. The monoisotopic (exact) mass is 242 g/mol. The Labute approximate surface area is 97.4 Å². The summed E-state index contributed by atoms with van der Waals surface area (Å²) in [5.74, 6) is -1.11. The molecule has 0 aliphatic rings. The predicted molar refractivity (Wildman–Crippen MR) is 60.8 cm³/mol. The van der Waals surface area contributed by atoms with Crippen LogP contribution in [0.15, 0.2) is 18.2 Å². The van der Waals surface area contributed by atoms with Crippen molar-refractivity contribution in [3.8, 4) is 0 Å². The van der Waals surface area contributed by atoms with Gasteiger partial charge in [0.1, 0.15) is 6.54 Å². The van der Waals surface area contributed by atoms with E-state index in [1.54, 1.807) is 12.1 Å². The van der Waals surface area contributed by atoms with E-state index in [0.717, 1.165) is 5.56 Å². The standard InChI is InChI=1S/C10H11ClN2O3/c1-6-2-3-7(11)8(4-6)13-10(16)12-5-9(14)15/h2-4H,5H2,1H3,(H,14,15)(H2,12,13,16). The molecule has 0 aliphatic carbocycles. The molecule has 3 N–H and O–H groups in total. The summed E-state index contributed by atoms with van der Waals surface area (Å²) in [6, 6.07) is 4.56. The van der Waals surface area contributed by atoms with Crippen molar-refractivity contribution in [3.63, 3.8) is 0 Å². The van der Waals surface area contributed by atoms with Crippen LogP contribution in [0, 0.1) is 6.92 Å². The van der Waals surface area contributed by atoms with Crippen LogP contribution in [0.3, 0.4) is 0 Å². The third-order valence-electron chi connectivity index (χ3n) is 1.77. The number of carbonyl (C=O) groups is 2. The molecule has 0 saturated carbocycles. The lowest BCUT2D eigenvalue weighted by atomic mass is 10.2. The van der Waals surface area contributed by atoms with Gasteiger partial charge < -0.3 is 15.7 Å². The Kier molecular flexibility index (Phi) is 4.13.